The monoisotopic (exact) mass is 482 g/mol. The second kappa shape index (κ2) is 9.46. The van der Waals surface area contributed by atoms with Crippen LogP contribution >= 0.6 is 7.60 Å². The Morgan fingerprint density at radius 2 is 1.74 bits per heavy atom. The van der Waals surface area contributed by atoms with Crippen LogP contribution in [0.25, 0.3) is 10.8 Å². The van der Waals surface area contributed by atoms with Crippen molar-refractivity contribution in [1.82, 2.24) is 4.90 Å². The van der Waals surface area contributed by atoms with E-state index in [0.717, 1.165) is 23.7 Å². The number of hydrogen-bond donors (Lipinski definition) is 5. The fraction of sp³-hybridized carbons (Fsp3) is 0.250. The van der Waals surface area contributed by atoms with E-state index in [9.17, 15) is 14.4 Å². The van der Waals surface area contributed by atoms with Crippen LogP contribution in [0.5, 0.6) is 11.5 Å². The summed E-state index contributed by atoms with van der Waals surface area (Å²) in [6, 6.07) is 16.9. The third kappa shape index (κ3) is 5.39. The van der Waals surface area contributed by atoms with Crippen LogP contribution in [-0.2, 0) is 4.57 Å². The maximum atomic E-state index is 12.3. The Hall–Kier alpha value is -3.39. The molecule has 3 aromatic carbocycles. The fourth-order valence-electron chi connectivity index (χ4n) is 3.96. The predicted octanol–water partition coefficient (Wildman–Crippen LogP) is 3.83. The second-order valence-corrected chi connectivity index (χ2v) is 9.97. The average Bonchev–Trinajstić information content (AvgIpc) is 3.26. The number of nitrogens with zero attached hydrogens (tertiary/aromatic N) is 1. The zero-order valence-electron chi connectivity index (χ0n) is 18.6. The summed E-state index contributed by atoms with van der Waals surface area (Å²) in [6.45, 7) is 3.15. The molecule has 1 heterocycles. The Morgan fingerprint density at radius 1 is 1.06 bits per heavy atom. The lowest BCUT2D eigenvalue weighted by Gasteiger charge is -2.21. The van der Waals surface area contributed by atoms with Gasteiger partial charge in [-0.3, -0.25) is 15.4 Å². The first kappa shape index (κ1) is 23.8. The molecule has 3 aromatic rings. The number of nitrogens with one attached hydrogen (secondary N) is 2. The normalized spacial score (nSPS) is 16.9. The summed E-state index contributed by atoms with van der Waals surface area (Å²) in [7, 11) is -4.66. The third-order valence-corrected chi connectivity index (χ3v) is 6.78. The average molecular weight is 482 g/mol. The number of hydrogen-bond acceptors (Lipinski definition) is 5. The van der Waals surface area contributed by atoms with Crippen LogP contribution in [0.4, 0.5) is 0 Å². The quantitative estimate of drug-likeness (QED) is 0.195. The van der Waals surface area contributed by atoms with Crippen molar-refractivity contribution in [3.05, 3.63) is 71.8 Å². The van der Waals surface area contributed by atoms with Gasteiger partial charge in [-0.15, -0.1) is 0 Å². The molecule has 1 aliphatic rings. The second-order valence-electron chi connectivity index (χ2n) is 8.33. The molecule has 0 saturated carbocycles. The zero-order chi connectivity index (χ0) is 24.5. The van der Waals surface area contributed by atoms with Gasteiger partial charge in [-0.2, -0.15) is 0 Å². The van der Waals surface area contributed by atoms with Gasteiger partial charge in [-0.1, -0.05) is 30.3 Å². The number of likely N-dealkylation sites (tertiary alicyclic amines) is 1. The Balaban J connectivity index is 1.53. The van der Waals surface area contributed by atoms with Gasteiger partial charge in [-0.05, 0) is 48.0 Å². The van der Waals surface area contributed by atoms with E-state index in [1.54, 1.807) is 61.5 Å². The van der Waals surface area contributed by atoms with Crippen molar-refractivity contribution in [3.63, 3.8) is 0 Å². The molecule has 0 radical (unpaired) electrons. The van der Waals surface area contributed by atoms with Crippen molar-refractivity contribution in [2.75, 3.05) is 13.1 Å². The summed E-state index contributed by atoms with van der Waals surface area (Å²) in [5.74, 6) is -0.172. The predicted molar refractivity (Wildman–Crippen MR) is 131 cm³/mol. The van der Waals surface area contributed by atoms with Gasteiger partial charge < -0.3 is 29.9 Å². The number of benzene rings is 3. The Morgan fingerprint density at radius 3 is 2.35 bits per heavy atom. The number of nitrogen functional groups attached to an aromatic ring is 1. The first-order valence-corrected chi connectivity index (χ1v) is 12.4. The first-order valence-electron chi connectivity index (χ1n) is 10.8. The lowest BCUT2D eigenvalue weighted by Crippen LogP contribution is -2.28. The molecule has 4 rings (SSSR count). The molecule has 34 heavy (non-hydrogen) atoms. The van der Waals surface area contributed by atoms with E-state index in [0.29, 0.717) is 29.3 Å². The molecular weight excluding hydrogens is 455 g/mol. The SMILES string of the molecule is CC(=N)N1CCC(Oc2ccc(C(Oc3ccc4ccc(C(=N)N)cc4c3)P(=O)(O)O)cc2)C1. The summed E-state index contributed by atoms with van der Waals surface area (Å²) < 4.78 is 24.0. The van der Waals surface area contributed by atoms with Crippen LogP contribution in [0.2, 0.25) is 0 Å². The van der Waals surface area contributed by atoms with Crippen LogP contribution in [0.15, 0.2) is 60.7 Å². The minimum Gasteiger partial charge on any atom is -0.489 e. The zero-order valence-corrected chi connectivity index (χ0v) is 19.5. The van der Waals surface area contributed by atoms with Crippen molar-refractivity contribution < 1.29 is 23.8 Å². The minimum atomic E-state index is -4.66. The third-order valence-electron chi connectivity index (χ3n) is 5.76. The highest BCUT2D eigenvalue weighted by Gasteiger charge is 2.33. The molecule has 1 saturated heterocycles. The molecule has 178 valence electrons. The molecule has 6 N–H and O–H groups in total. The van der Waals surface area contributed by atoms with E-state index in [-0.39, 0.29) is 17.7 Å². The molecule has 2 atom stereocenters. The van der Waals surface area contributed by atoms with Gasteiger partial charge in [0.1, 0.15) is 23.4 Å². The molecule has 9 nitrogen and oxygen atoms in total. The smallest absolute Gasteiger partial charge is 0.370 e. The maximum Gasteiger partial charge on any atom is 0.370 e. The van der Waals surface area contributed by atoms with Crippen LogP contribution in [0, 0.1) is 10.8 Å². The lowest BCUT2D eigenvalue weighted by atomic mass is 10.1. The molecule has 10 heteroatoms. The standard InChI is InChI=1S/C24H27N4O5P/c1-15(25)28-11-10-22(14-28)32-20-7-5-17(6-8-20)24(34(29,30)31)33-21-9-4-16-2-3-18(23(26)27)12-19(16)13-21/h2-9,12-13,22,24-25H,10-11,14H2,1H3,(H3,26,27)(H2,29,30,31). The van der Waals surface area contributed by atoms with Crippen molar-refractivity contribution in [3.8, 4) is 11.5 Å². The van der Waals surface area contributed by atoms with Crippen molar-refractivity contribution in [1.29, 1.82) is 10.8 Å². The summed E-state index contributed by atoms with van der Waals surface area (Å²) in [5, 5.41) is 17.0. The number of fused-ring (bicyclic) bond motifs is 1. The van der Waals surface area contributed by atoms with E-state index in [1.807, 2.05) is 11.0 Å². The van der Waals surface area contributed by atoms with Gasteiger partial charge in [0, 0.05) is 24.1 Å². The maximum absolute atomic E-state index is 12.3. The van der Waals surface area contributed by atoms with Crippen molar-refractivity contribution in [2.45, 2.75) is 25.3 Å². The first-order chi connectivity index (χ1) is 16.1. The van der Waals surface area contributed by atoms with Crippen LogP contribution in [0.3, 0.4) is 0 Å². The van der Waals surface area contributed by atoms with Crippen LogP contribution in [0.1, 0.15) is 30.3 Å². The number of amidine groups is 2. The molecule has 2 unspecified atom stereocenters. The van der Waals surface area contributed by atoms with Crippen molar-refractivity contribution in [2.24, 2.45) is 5.73 Å². The van der Waals surface area contributed by atoms with Gasteiger partial charge in [-0.25, -0.2) is 0 Å². The summed E-state index contributed by atoms with van der Waals surface area (Å²) >= 11 is 0. The molecule has 0 amide bonds. The Bertz CT molecular complexity index is 1270. The summed E-state index contributed by atoms with van der Waals surface area (Å²) in [6.07, 6.45) is 0.761. The van der Waals surface area contributed by atoms with Crippen LogP contribution < -0.4 is 15.2 Å². The van der Waals surface area contributed by atoms with Crippen LogP contribution in [-0.4, -0.2) is 45.6 Å². The fourth-order valence-corrected chi connectivity index (χ4v) is 4.78. The van der Waals surface area contributed by atoms with E-state index >= 15 is 0 Å². The van der Waals surface area contributed by atoms with Gasteiger partial charge >= 0.3 is 7.60 Å². The molecular formula is C24H27N4O5P. The molecule has 1 fully saturated rings. The van der Waals surface area contributed by atoms with Gasteiger partial charge in [0.05, 0.1) is 12.4 Å². The molecule has 0 aromatic heterocycles. The Labute approximate surface area is 197 Å². The highest BCUT2D eigenvalue weighted by Crippen LogP contribution is 2.52. The molecule has 0 aliphatic carbocycles. The van der Waals surface area contributed by atoms with E-state index in [1.165, 1.54) is 0 Å². The molecule has 0 bridgehead atoms. The van der Waals surface area contributed by atoms with E-state index in [2.05, 4.69) is 0 Å². The topological polar surface area (TPSA) is 153 Å². The van der Waals surface area contributed by atoms with E-state index < -0.39 is 13.4 Å². The minimum absolute atomic E-state index is 0.0440. The lowest BCUT2D eigenvalue weighted by molar-refractivity contribution is 0.213. The highest BCUT2D eigenvalue weighted by molar-refractivity contribution is 7.52. The Kier molecular flexibility index (Phi) is 6.61. The summed E-state index contributed by atoms with van der Waals surface area (Å²) in [5.41, 5.74) is 6.44. The van der Waals surface area contributed by atoms with Gasteiger partial charge in [0.2, 0.25) is 5.85 Å². The highest BCUT2D eigenvalue weighted by atomic mass is 31.2. The van der Waals surface area contributed by atoms with E-state index in [4.69, 9.17) is 26.0 Å². The van der Waals surface area contributed by atoms with Gasteiger partial charge in [0.25, 0.3) is 0 Å². The molecule has 0 spiro atoms. The summed E-state index contributed by atoms with van der Waals surface area (Å²) in [4.78, 5) is 21.9. The molecule has 1 aliphatic heterocycles. The number of nitrogens with two attached hydrogens (primary N) is 1. The van der Waals surface area contributed by atoms with Gasteiger partial charge in [0.15, 0.2) is 0 Å². The largest absolute Gasteiger partial charge is 0.489 e. The van der Waals surface area contributed by atoms with Crippen molar-refractivity contribution >= 4 is 30.0 Å². The number of rotatable bonds is 7. The number of ether oxygens (including phenoxy) is 2.